The molecule has 0 spiro atoms. The van der Waals surface area contributed by atoms with E-state index in [9.17, 15) is 18.4 Å². The number of rotatable bonds is 7. The van der Waals surface area contributed by atoms with Crippen molar-refractivity contribution in [2.24, 2.45) is 0 Å². The predicted octanol–water partition coefficient (Wildman–Crippen LogP) is 4.14. The Hall–Kier alpha value is -3.16. The number of hydrogen-bond donors (Lipinski definition) is 2. The Morgan fingerprint density at radius 3 is 2.50 bits per heavy atom. The van der Waals surface area contributed by atoms with E-state index in [1.807, 2.05) is 18.2 Å². The zero-order chi connectivity index (χ0) is 22.6. The summed E-state index contributed by atoms with van der Waals surface area (Å²) < 4.78 is 36.2. The highest BCUT2D eigenvalue weighted by Crippen LogP contribution is 2.35. The summed E-state index contributed by atoms with van der Waals surface area (Å²) in [4.78, 5) is 26.1. The Kier molecular flexibility index (Phi) is 6.58. The van der Waals surface area contributed by atoms with Crippen molar-refractivity contribution in [3.63, 3.8) is 0 Å². The second-order valence-electron chi connectivity index (χ2n) is 8.15. The highest BCUT2D eigenvalue weighted by Gasteiger charge is 2.43. The first-order valence-electron chi connectivity index (χ1n) is 10.9. The molecule has 1 aliphatic heterocycles. The van der Waals surface area contributed by atoms with Gasteiger partial charge in [0.05, 0.1) is 6.10 Å². The quantitative estimate of drug-likeness (QED) is 0.673. The first kappa shape index (κ1) is 22.0. The summed E-state index contributed by atoms with van der Waals surface area (Å²) in [6.45, 7) is -2.46. The van der Waals surface area contributed by atoms with Crippen molar-refractivity contribution >= 4 is 11.8 Å². The van der Waals surface area contributed by atoms with Crippen LogP contribution >= 0.6 is 0 Å². The van der Waals surface area contributed by atoms with Crippen molar-refractivity contribution in [2.45, 2.75) is 56.8 Å². The Morgan fingerprint density at radius 2 is 1.81 bits per heavy atom. The number of carbonyl (C=O) groups excluding carboxylic acids is 2. The average Bonchev–Trinajstić information content (AvgIpc) is 3.30. The lowest BCUT2D eigenvalue weighted by molar-refractivity contribution is -0.129. The zero-order valence-corrected chi connectivity index (χ0v) is 17.6. The fraction of sp³-hybridized carbons (Fsp3) is 0.417. The molecule has 8 heteroatoms. The third-order valence-corrected chi connectivity index (χ3v) is 6.01. The third kappa shape index (κ3) is 4.69. The molecule has 2 aromatic rings. The van der Waals surface area contributed by atoms with Gasteiger partial charge in [0, 0.05) is 12.1 Å². The molecule has 2 N–H and O–H groups in total. The first-order valence-corrected chi connectivity index (χ1v) is 10.9. The van der Waals surface area contributed by atoms with Gasteiger partial charge in [0.1, 0.15) is 5.54 Å². The molecule has 1 aliphatic carbocycles. The molecule has 0 bridgehead atoms. The zero-order valence-electron chi connectivity index (χ0n) is 17.6. The largest absolute Gasteiger partial charge is 0.487 e. The Bertz CT molecular complexity index is 964. The molecule has 6 nitrogen and oxygen atoms in total. The SMILES string of the molecule is O=C(N[C@]1(c2ccccc2)CCCNC1=O)c1ccc(OC(F)F)c(OC2CCCC2)c1. The minimum absolute atomic E-state index is 0.103. The van der Waals surface area contributed by atoms with Crippen LogP contribution < -0.4 is 20.1 Å². The molecule has 2 aliphatic rings. The first-order chi connectivity index (χ1) is 15.5. The molecule has 4 rings (SSSR count). The summed E-state index contributed by atoms with van der Waals surface area (Å²) in [6.07, 6.45) is 4.71. The number of benzene rings is 2. The second kappa shape index (κ2) is 9.54. The van der Waals surface area contributed by atoms with E-state index in [4.69, 9.17) is 4.74 Å². The topological polar surface area (TPSA) is 76.7 Å². The fourth-order valence-corrected chi connectivity index (χ4v) is 4.40. The van der Waals surface area contributed by atoms with Gasteiger partial charge in [-0.1, -0.05) is 30.3 Å². The van der Waals surface area contributed by atoms with Crippen LogP contribution in [0, 0.1) is 0 Å². The number of ether oxygens (including phenoxy) is 2. The van der Waals surface area contributed by atoms with Crippen molar-refractivity contribution in [2.75, 3.05) is 6.54 Å². The van der Waals surface area contributed by atoms with Gasteiger partial charge >= 0.3 is 6.61 Å². The van der Waals surface area contributed by atoms with E-state index in [2.05, 4.69) is 15.4 Å². The van der Waals surface area contributed by atoms with Crippen molar-refractivity contribution in [3.8, 4) is 11.5 Å². The number of piperidine rings is 1. The van der Waals surface area contributed by atoms with Gasteiger partial charge in [-0.3, -0.25) is 9.59 Å². The van der Waals surface area contributed by atoms with Crippen LogP contribution in [0.25, 0.3) is 0 Å². The molecule has 2 aromatic carbocycles. The minimum atomic E-state index is -3.01. The van der Waals surface area contributed by atoms with Crippen molar-refractivity contribution < 1.29 is 27.8 Å². The maximum Gasteiger partial charge on any atom is 0.387 e. The van der Waals surface area contributed by atoms with Crippen LogP contribution in [0.2, 0.25) is 0 Å². The third-order valence-electron chi connectivity index (χ3n) is 6.01. The van der Waals surface area contributed by atoms with E-state index in [0.29, 0.717) is 24.9 Å². The van der Waals surface area contributed by atoms with Gasteiger partial charge in [-0.15, -0.1) is 0 Å². The molecule has 1 saturated carbocycles. The lowest BCUT2D eigenvalue weighted by Gasteiger charge is -2.37. The van der Waals surface area contributed by atoms with E-state index in [1.165, 1.54) is 18.2 Å². The molecule has 1 heterocycles. The van der Waals surface area contributed by atoms with Crippen LogP contribution in [0.15, 0.2) is 48.5 Å². The van der Waals surface area contributed by atoms with E-state index in [1.54, 1.807) is 12.1 Å². The number of hydrogen-bond acceptors (Lipinski definition) is 4. The Labute approximate surface area is 185 Å². The average molecular weight is 444 g/mol. The summed E-state index contributed by atoms with van der Waals surface area (Å²) in [5.41, 5.74) is -0.319. The van der Waals surface area contributed by atoms with Gasteiger partial charge in [0.25, 0.3) is 5.91 Å². The van der Waals surface area contributed by atoms with Gasteiger partial charge in [0.15, 0.2) is 11.5 Å². The minimum Gasteiger partial charge on any atom is -0.487 e. The molecule has 2 fully saturated rings. The second-order valence-corrected chi connectivity index (χ2v) is 8.15. The van der Waals surface area contributed by atoms with Gasteiger partial charge in [0.2, 0.25) is 5.91 Å². The standard InChI is InChI=1S/C24H26F2N2O4/c25-23(26)32-19-12-11-16(15-20(19)31-18-9-4-5-10-18)21(29)28-24(13-6-14-27-22(24)30)17-7-2-1-3-8-17/h1-3,7-8,11-12,15,18,23H,4-6,9-10,13-14H2,(H,27,30)(H,28,29)/t24-/m0/s1. The van der Waals surface area contributed by atoms with E-state index in [0.717, 1.165) is 25.7 Å². The molecular weight excluding hydrogens is 418 g/mol. The number of amides is 2. The molecule has 170 valence electrons. The van der Waals surface area contributed by atoms with Crippen LogP contribution in [0.3, 0.4) is 0 Å². The van der Waals surface area contributed by atoms with Crippen LogP contribution in [0.4, 0.5) is 8.78 Å². The van der Waals surface area contributed by atoms with Crippen molar-refractivity contribution in [1.82, 2.24) is 10.6 Å². The van der Waals surface area contributed by atoms with Gasteiger partial charge < -0.3 is 20.1 Å². The number of carbonyl (C=O) groups is 2. The summed E-state index contributed by atoms with van der Waals surface area (Å²) in [5, 5.41) is 5.74. The van der Waals surface area contributed by atoms with Crippen LogP contribution in [0.1, 0.15) is 54.4 Å². The molecule has 1 atom stereocenters. The fourth-order valence-electron chi connectivity index (χ4n) is 4.40. The van der Waals surface area contributed by atoms with Crippen LogP contribution in [-0.2, 0) is 10.3 Å². The lowest BCUT2D eigenvalue weighted by atomic mass is 9.82. The lowest BCUT2D eigenvalue weighted by Crippen LogP contribution is -2.59. The van der Waals surface area contributed by atoms with E-state index >= 15 is 0 Å². The summed E-state index contributed by atoms with van der Waals surface area (Å²) in [6, 6.07) is 13.2. The maximum absolute atomic E-state index is 13.2. The maximum atomic E-state index is 13.2. The summed E-state index contributed by atoms with van der Waals surface area (Å²) >= 11 is 0. The molecule has 0 radical (unpaired) electrons. The molecular formula is C24H26F2N2O4. The van der Waals surface area contributed by atoms with Crippen LogP contribution in [0.5, 0.6) is 11.5 Å². The summed E-state index contributed by atoms with van der Waals surface area (Å²) in [5.74, 6) is -0.780. The van der Waals surface area contributed by atoms with E-state index < -0.39 is 18.1 Å². The van der Waals surface area contributed by atoms with Crippen molar-refractivity contribution in [3.05, 3.63) is 59.7 Å². The molecule has 32 heavy (non-hydrogen) atoms. The molecule has 2 amide bonds. The van der Waals surface area contributed by atoms with Gasteiger partial charge in [-0.05, 0) is 62.3 Å². The molecule has 1 saturated heterocycles. The van der Waals surface area contributed by atoms with E-state index in [-0.39, 0.29) is 29.1 Å². The highest BCUT2D eigenvalue weighted by molar-refractivity contribution is 6.00. The number of halogens is 2. The molecule has 0 unspecified atom stereocenters. The molecule has 0 aromatic heterocycles. The number of nitrogens with one attached hydrogen (secondary N) is 2. The summed E-state index contributed by atoms with van der Waals surface area (Å²) in [7, 11) is 0. The van der Waals surface area contributed by atoms with Crippen LogP contribution in [-0.4, -0.2) is 31.1 Å². The smallest absolute Gasteiger partial charge is 0.387 e. The Balaban J connectivity index is 1.63. The Morgan fingerprint density at radius 1 is 1.06 bits per heavy atom. The van der Waals surface area contributed by atoms with Crippen molar-refractivity contribution in [1.29, 1.82) is 0 Å². The predicted molar refractivity (Wildman–Crippen MR) is 114 cm³/mol. The van der Waals surface area contributed by atoms with Gasteiger partial charge in [-0.25, -0.2) is 0 Å². The van der Waals surface area contributed by atoms with Gasteiger partial charge in [-0.2, -0.15) is 8.78 Å². The monoisotopic (exact) mass is 444 g/mol. The number of alkyl halides is 2. The highest BCUT2D eigenvalue weighted by atomic mass is 19.3. The normalized spacial score (nSPS) is 21.3.